The van der Waals surface area contributed by atoms with Gasteiger partial charge in [-0.05, 0) is 24.1 Å². The lowest BCUT2D eigenvalue weighted by molar-refractivity contribution is -0.133. The molecule has 0 unspecified atom stereocenters. The van der Waals surface area contributed by atoms with Crippen LogP contribution in [0.15, 0.2) is 78.9 Å². The number of hydrogen-bond acceptors (Lipinski definition) is 4. The third kappa shape index (κ3) is 4.62. The third-order valence-electron chi connectivity index (χ3n) is 6.61. The lowest BCUT2D eigenvalue weighted by Crippen LogP contribution is -2.41. The van der Waals surface area contributed by atoms with Gasteiger partial charge in [0.1, 0.15) is 11.5 Å². The summed E-state index contributed by atoms with van der Waals surface area (Å²) in [4.78, 5) is 18.2. The monoisotopic (exact) mass is 464 g/mol. The summed E-state index contributed by atoms with van der Waals surface area (Å²) < 4.78 is 6.10. The second-order valence-electron chi connectivity index (χ2n) is 8.69. The molecule has 5 rings (SSSR count). The molecule has 0 aromatic heterocycles. The molecule has 3 aromatic rings. The van der Waals surface area contributed by atoms with E-state index in [0.29, 0.717) is 13.1 Å². The SMILES string of the molecule is CN(C(=O)C1c2ccccc2Oc2ccccc21)[C@H](CN1CC[C@H](O)C1)c1ccccc1.Cl. The molecule has 0 spiro atoms. The number of amides is 1. The van der Waals surface area contributed by atoms with Crippen LogP contribution in [0.5, 0.6) is 11.5 Å². The zero-order valence-electron chi connectivity index (χ0n) is 18.6. The van der Waals surface area contributed by atoms with Crippen molar-refractivity contribution in [2.45, 2.75) is 24.5 Å². The van der Waals surface area contributed by atoms with E-state index in [1.807, 2.05) is 78.7 Å². The van der Waals surface area contributed by atoms with Gasteiger partial charge in [0.25, 0.3) is 0 Å². The average Bonchev–Trinajstić information content (AvgIpc) is 3.25. The number of aliphatic hydroxyl groups excluding tert-OH is 1. The molecule has 2 aliphatic rings. The Bertz CT molecular complexity index is 1060. The number of carbonyl (C=O) groups is 1. The minimum atomic E-state index is -0.420. The molecule has 1 fully saturated rings. The molecule has 0 bridgehead atoms. The molecule has 0 aliphatic carbocycles. The zero-order chi connectivity index (χ0) is 22.1. The van der Waals surface area contributed by atoms with Crippen molar-refractivity contribution in [2.75, 3.05) is 26.7 Å². The fourth-order valence-corrected chi connectivity index (χ4v) is 4.88. The van der Waals surface area contributed by atoms with Crippen molar-refractivity contribution in [1.82, 2.24) is 9.80 Å². The first kappa shape index (κ1) is 23.3. The number of nitrogens with zero attached hydrogens (tertiary/aromatic N) is 2. The van der Waals surface area contributed by atoms with Crippen LogP contribution < -0.4 is 4.74 Å². The zero-order valence-corrected chi connectivity index (χ0v) is 19.4. The van der Waals surface area contributed by atoms with E-state index < -0.39 is 5.92 Å². The first-order valence-corrected chi connectivity index (χ1v) is 11.2. The number of carbonyl (C=O) groups excluding carboxylic acids is 1. The number of likely N-dealkylation sites (N-methyl/N-ethyl adjacent to an activating group) is 1. The van der Waals surface area contributed by atoms with E-state index >= 15 is 0 Å². The van der Waals surface area contributed by atoms with Gasteiger partial charge in [0, 0.05) is 37.8 Å². The second-order valence-corrected chi connectivity index (χ2v) is 8.69. The van der Waals surface area contributed by atoms with Crippen LogP contribution in [0.25, 0.3) is 0 Å². The molecule has 1 saturated heterocycles. The lowest BCUT2D eigenvalue weighted by atomic mass is 9.86. The Morgan fingerprint density at radius 3 is 2.15 bits per heavy atom. The van der Waals surface area contributed by atoms with E-state index in [9.17, 15) is 9.90 Å². The van der Waals surface area contributed by atoms with Crippen molar-refractivity contribution in [3.8, 4) is 11.5 Å². The molecule has 2 aliphatic heterocycles. The quantitative estimate of drug-likeness (QED) is 0.599. The smallest absolute Gasteiger partial charge is 0.235 e. The van der Waals surface area contributed by atoms with Crippen molar-refractivity contribution in [1.29, 1.82) is 0 Å². The molecule has 3 aromatic carbocycles. The van der Waals surface area contributed by atoms with Crippen LogP contribution >= 0.6 is 12.4 Å². The molecule has 0 saturated carbocycles. The number of fused-ring (bicyclic) bond motifs is 2. The Labute approximate surface area is 201 Å². The maximum Gasteiger partial charge on any atom is 0.235 e. The van der Waals surface area contributed by atoms with Gasteiger partial charge in [-0.2, -0.15) is 0 Å². The average molecular weight is 465 g/mol. The Morgan fingerprint density at radius 2 is 1.58 bits per heavy atom. The van der Waals surface area contributed by atoms with E-state index in [1.165, 1.54) is 0 Å². The molecule has 0 radical (unpaired) electrons. The van der Waals surface area contributed by atoms with Crippen LogP contribution in [0.1, 0.15) is 35.1 Å². The van der Waals surface area contributed by atoms with E-state index in [4.69, 9.17) is 4.74 Å². The van der Waals surface area contributed by atoms with Crippen LogP contribution in [0.4, 0.5) is 0 Å². The lowest BCUT2D eigenvalue weighted by Gasteiger charge is -2.36. The van der Waals surface area contributed by atoms with Gasteiger partial charge >= 0.3 is 0 Å². The van der Waals surface area contributed by atoms with Crippen LogP contribution in [0, 0.1) is 0 Å². The normalized spacial score (nSPS) is 18.4. The predicted octanol–water partition coefficient (Wildman–Crippen LogP) is 4.61. The number of likely N-dealkylation sites (tertiary alicyclic amines) is 1. The molecular weight excluding hydrogens is 436 g/mol. The Hall–Kier alpha value is -2.86. The van der Waals surface area contributed by atoms with Gasteiger partial charge < -0.3 is 14.7 Å². The van der Waals surface area contributed by atoms with Crippen molar-refractivity contribution < 1.29 is 14.6 Å². The van der Waals surface area contributed by atoms with Gasteiger partial charge in [0.2, 0.25) is 5.91 Å². The highest BCUT2D eigenvalue weighted by Gasteiger charge is 2.37. The summed E-state index contributed by atoms with van der Waals surface area (Å²) in [6.45, 7) is 2.18. The molecule has 5 nitrogen and oxygen atoms in total. The maximum atomic E-state index is 14.1. The number of hydrogen-bond donors (Lipinski definition) is 1. The highest BCUT2D eigenvalue weighted by Crippen LogP contribution is 2.45. The van der Waals surface area contributed by atoms with Gasteiger partial charge in [-0.1, -0.05) is 66.7 Å². The molecular formula is C27H29ClN2O3. The summed E-state index contributed by atoms with van der Waals surface area (Å²) in [5.41, 5.74) is 2.89. The summed E-state index contributed by atoms with van der Waals surface area (Å²) in [6, 6.07) is 25.6. The fraction of sp³-hybridized carbons (Fsp3) is 0.296. The van der Waals surface area contributed by atoms with E-state index in [-0.39, 0.29) is 30.5 Å². The third-order valence-corrected chi connectivity index (χ3v) is 6.61. The second kappa shape index (κ2) is 9.96. The minimum Gasteiger partial charge on any atom is -0.457 e. The van der Waals surface area contributed by atoms with Crippen LogP contribution in [0.2, 0.25) is 0 Å². The predicted molar refractivity (Wildman–Crippen MR) is 131 cm³/mol. The highest BCUT2D eigenvalue weighted by molar-refractivity contribution is 5.90. The molecule has 172 valence electrons. The Balaban J connectivity index is 0.00000259. The largest absolute Gasteiger partial charge is 0.457 e. The van der Waals surface area contributed by atoms with Crippen molar-refractivity contribution in [3.63, 3.8) is 0 Å². The Morgan fingerprint density at radius 1 is 1.00 bits per heavy atom. The number of benzene rings is 3. The summed E-state index contributed by atoms with van der Waals surface area (Å²) in [5, 5.41) is 10.0. The van der Waals surface area contributed by atoms with E-state index in [0.717, 1.165) is 41.2 Å². The standard InChI is InChI=1S/C27H28N2O3.ClH/c1-28(23(19-9-3-2-4-10-19)18-29-16-15-20(30)17-29)27(31)26-21-11-5-7-13-24(21)32-25-14-8-6-12-22(25)26;/h2-14,20,23,26,30H,15-18H2,1H3;1H/t20-,23+;/m0./s1. The molecule has 1 amide bonds. The maximum absolute atomic E-state index is 14.1. The fourth-order valence-electron chi connectivity index (χ4n) is 4.88. The first-order valence-electron chi connectivity index (χ1n) is 11.2. The van der Waals surface area contributed by atoms with Crippen LogP contribution in [0.3, 0.4) is 0 Å². The summed E-state index contributed by atoms with van der Waals surface area (Å²) in [6.07, 6.45) is 0.488. The number of β-amino-alcohol motifs (C(OH)–C–C–N with tert-alkyl or cyclic N) is 1. The number of ether oxygens (including phenoxy) is 1. The van der Waals surface area contributed by atoms with E-state index in [1.54, 1.807) is 0 Å². The topological polar surface area (TPSA) is 53.0 Å². The number of aliphatic hydroxyl groups is 1. The van der Waals surface area contributed by atoms with Crippen LogP contribution in [-0.2, 0) is 4.79 Å². The van der Waals surface area contributed by atoms with Crippen molar-refractivity contribution >= 4 is 18.3 Å². The molecule has 6 heteroatoms. The molecule has 1 N–H and O–H groups in total. The highest BCUT2D eigenvalue weighted by atomic mass is 35.5. The van der Waals surface area contributed by atoms with E-state index in [2.05, 4.69) is 17.0 Å². The van der Waals surface area contributed by atoms with Crippen LogP contribution in [-0.4, -0.2) is 53.6 Å². The summed E-state index contributed by atoms with van der Waals surface area (Å²) in [7, 11) is 1.90. The summed E-state index contributed by atoms with van der Waals surface area (Å²) in [5.74, 6) is 1.09. The Kier molecular flexibility index (Phi) is 7.03. The molecule has 2 heterocycles. The van der Waals surface area contributed by atoms with Gasteiger partial charge in [-0.3, -0.25) is 9.69 Å². The number of halogens is 1. The van der Waals surface area contributed by atoms with Crippen molar-refractivity contribution in [2.24, 2.45) is 0 Å². The van der Waals surface area contributed by atoms with Gasteiger partial charge in [-0.25, -0.2) is 0 Å². The number of para-hydroxylation sites is 2. The molecule has 2 atom stereocenters. The number of rotatable bonds is 5. The van der Waals surface area contributed by atoms with Gasteiger partial charge in [-0.15, -0.1) is 12.4 Å². The first-order chi connectivity index (χ1) is 15.6. The minimum absolute atomic E-state index is 0. The summed E-state index contributed by atoms with van der Waals surface area (Å²) >= 11 is 0. The van der Waals surface area contributed by atoms with Crippen molar-refractivity contribution in [3.05, 3.63) is 95.6 Å². The molecule has 33 heavy (non-hydrogen) atoms. The van der Waals surface area contributed by atoms with Gasteiger partial charge in [0.05, 0.1) is 18.1 Å². The van der Waals surface area contributed by atoms with Gasteiger partial charge in [0.15, 0.2) is 0 Å².